The SMILES string of the molecule is Cc1ccc(OCC2C=CC(c3ccc(-c4ccc(C)cc4)cc3)CC2)cc1. The quantitative estimate of drug-likeness (QED) is 0.436. The molecule has 2 atom stereocenters. The molecule has 4 rings (SSSR count). The van der Waals surface area contributed by atoms with Crippen LogP contribution in [0.15, 0.2) is 84.9 Å². The summed E-state index contributed by atoms with van der Waals surface area (Å²) in [6.07, 6.45) is 7.07. The lowest BCUT2D eigenvalue weighted by molar-refractivity contribution is 0.260. The fourth-order valence-corrected chi connectivity index (χ4v) is 3.80. The van der Waals surface area contributed by atoms with Crippen LogP contribution < -0.4 is 4.74 Å². The van der Waals surface area contributed by atoms with E-state index in [0.29, 0.717) is 11.8 Å². The number of benzene rings is 3. The summed E-state index contributed by atoms with van der Waals surface area (Å²) in [7, 11) is 0. The molecule has 0 aliphatic heterocycles. The van der Waals surface area contributed by atoms with Crippen molar-refractivity contribution in [3.05, 3.63) is 102 Å². The summed E-state index contributed by atoms with van der Waals surface area (Å²) in [5.74, 6) is 1.99. The molecule has 0 N–H and O–H groups in total. The van der Waals surface area contributed by atoms with Crippen molar-refractivity contribution in [2.24, 2.45) is 5.92 Å². The van der Waals surface area contributed by atoms with Gasteiger partial charge in [-0.15, -0.1) is 0 Å². The minimum absolute atomic E-state index is 0.504. The number of allylic oxidation sites excluding steroid dienone is 1. The minimum atomic E-state index is 0.504. The highest BCUT2D eigenvalue weighted by Gasteiger charge is 2.18. The molecule has 3 aromatic rings. The third-order valence-electron chi connectivity index (χ3n) is 5.67. The molecule has 0 spiro atoms. The number of hydrogen-bond donors (Lipinski definition) is 0. The van der Waals surface area contributed by atoms with Crippen molar-refractivity contribution >= 4 is 0 Å². The Balaban J connectivity index is 1.35. The Labute approximate surface area is 168 Å². The van der Waals surface area contributed by atoms with E-state index in [1.807, 2.05) is 0 Å². The van der Waals surface area contributed by atoms with Gasteiger partial charge in [0.25, 0.3) is 0 Å². The van der Waals surface area contributed by atoms with E-state index in [1.165, 1.54) is 40.7 Å². The first-order valence-corrected chi connectivity index (χ1v) is 10.2. The van der Waals surface area contributed by atoms with Crippen LogP contribution >= 0.6 is 0 Å². The average molecular weight is 369 g/mol. The summed E-state index contributed by atoms with van der Waals surface area (Å²) < 4.78 is 5.96. The van der Waals surface area contributed by atoms with E-state index in [4.69, 9.17) is 4.74 Å². The minimum Gasteiger partial charge on any atom is -0.493 e. The van der Waals surface area contributed by atoms with Gasteiger partial charge in [-0.2, -0.15) is 0 Å². The monoisotopic (exact) mass is 368 g/mol. The van der Waals surface area contributed by atoms with E-state index < -0.39 is 0 Å². The second kappa shape index (κ2) is 8.48. The summed E-state index contributed by atoms with van der Waals surface area (Å²) >= 11 is 0. The second-order valence-corrected chi connectivity index (χ2v) is 7.94. The molecule has 0 heterocycles. The molecule has 1 heteroatoms. The standard InChI is InChI=1S/C27H28O/c1-20-3-9-23(10-4-20)25-13-15-26(16-14-25)24-11-7-22(8-12-24)19-28-27-17-5-21(2)6-18-27/h3-7,9-11,13-18,22,24H,8,12,19H2,1-2H3. The molecule has 28 heavy (non-hydrogen) atoms. The van der Waals surface area contributed by atoms with Gasteiger partial charge in [-0.25, -0.2) is 0 Å². The van der Waals surface area contributed by atoms with Gasteiger partial charge in [0.05, 0.1) is 6.61 Å². The predicted molar refractivity (Wildman–Crippen MR) is 118 cm³/mol. The van der Waals surface area contributed by atoms with Gasteiger partial charge in [-0.1, -0.05) is 83.9 Å². The van der Waals surface area contributed by atoms with Crippen LogP contribution in [0, 0.1) is 19.8 Å². The Kier molecular flexibility index (Phi) is 5.62. The molecule has 0 radical (unpaired) electrons. The molecule has 0 saturated heterocycles. The molecule has 2 unspecified atom stereocenters. The number of rotatable bonds is 5. The number of aryl methyl sites for hydroxylation is 2. The Morgan fingerprint density at radius 1 is 0.679 bits per heavy atom. The van der Waals surface area contributed by atoms with Gasteiger partial charge in [-0.05, 0) is 55.5 Å². The van der Waals surface area contributed by atoms with Crippen LogP contribution in [0.4, 0.5) is 0 Å². The maximum Gasteiger partial charge on any atom is 0.119 e. The fraction of sp³-hybridized carbons (Fsp3) is 0.259. The summed E-state index contributed by atoms with van der Waals surface area (Å²) in [4.78, 5) is 0. The Hall–Kier alpha value is -2.80. The molecule has 0 saturated carbocycles. The van der Waals surface area contributed by atoms with Crippen LogP contribution in [0.3, 0.4) is 0 Å². The van der Waals surface area contributed by atoms with Gasteiger partial charge < -0.3 is 4.74 Å². The van der Waals surface area contributed by atoms with E-state index in [9.17, 15) is 0 Å². The second-order valence-electron chi connectivity index (χ2n) is 7.94. The third-order valence-corrected chi connectivity index (χ3v) is 5.67. The van der Waals surface area contributed by atoms with E-state index in [1.54, 1.807) is 0 Å². The van der Waals surface area contributed by atoms with Gasteiger partial charge >= 0.3 is 0 Å². The van der Waals surface area contributed by atoms with Crippen LogP contribution in [-0.2, 0) is 0 Å². The van der Waals surface area contributed by atoms with Crippen molar-refractivity contribution in [3.8, 4) is 16.9 Å². The maximum atomic E-state index is 5.96. The van der Waals surface area contributed by atoms with Crippen molar-refractivity contribution in [2.75, 3.05) is 6.61 Å². The van der Waals surface area contributed by atoms with E-state index in [-0.39, 0.29) is 0 Å². The zero-order chi connectivity index (χ0) is 19.3. The Morgan fingerprint density at radius 3 is 1.82 bits per heavy atom. The fourth-order valence-electron chi connectivity index (χ4n) is 3.80. The van der Waals surface area contributed by atoms with Gasteiger partial charge in [0.1, 0.15) is 5.75 Å². The summed E-state index contributed by atoms with van der Waals surface area (Å²) in [6, 6.07) is 26.1. The zero-order valence-corrected chi connectivity index (χ0v) is 16.8. The van der Waals surface area contributed by atoms with Crippen molar-refractivity contribution < 1.29 is 4.74 Å². The molecule has 0 amide bonds. The molecule has 3 aromatic carbocycles. The van der Waals surface area contributed by atoms with Gasteiger partial charge in [0.2, 0.25) is 0 Å². The van der Waals surface area contributed by atoms with E-state index in [2.05, 4.69) is 98.8 Å². The van der Waals surface area contributed by atoms with E-state index in [0.717, 1.165) is 12.4 Å². The Bertz CT molecular complexity index is 918. The highest BCUT2D eigenvalue weighted by molar-refractivity contribution is 5.64. The zero-order valence-electron chi connectivity index (χ0n) is 16.8. The number of ether oxygens (including phenoxy) is 1. The molecule has 0 fully saturated rings. The van der Waals surface area contributed by atoms with Crippen LogP contribution in [0.2, 0.25) is 0 Å². The van der Waals surface area contributed by atoms with Crippen LogP contribution in [0.5, 0.6) is 5.75 Å². The average Bonchev–Trinajstić information content (AvgIpc) is 2.74. The summed E-state index contributed by atoms with van der Waals surface area (Å²) in [6.45, 7) is 4.99. The molecule has 142 valence electrons. The largest absolute Gasteiger partial charge is 0.493 e. The lowest BCUT2D eigenvalue weighted by atomic mass is 9.84. The molecular formula is C27H28O. The molecule has 0 bridgehead atoms. The van der Waals surface area contributed by atoms with Crippen LogP contribution in [0.1, 0.15) is 35.4 Å². The van der Waals surface area contributed by atoms with Crippen LogP contribution in [-0.4, -0.2) is 6.61 Å². The van der Waals surface area contributed by atoms with Gasteiger partial charge in [0.15, 0.2) is 0 Å². The first kappa shape index (κ1) is 18.6. The van der Waals surface area contributed by atoms with Crippen molar-refractivity contribution in [1.29, 1.82) is 0 Å². The third kappa shape index (κ3) is 4.54. The lowest BCUT2D eigenvalue weighted by Gasteiger charge is -2.23. The highest BCUT2D eigenvalue weighted by atomic mass is 16.5. The normalized spacial score (nSPS) is 18.8. The topological polar surface area (TPSA) is 9.23 Å². The molecule has 1 aliphatic rings. The van der Waals surface area contributed by atoms with Gasteiger partial charge in [0, 0.05) is 11.8 Å². The molecule has 1 aliphatic carbocycles. The lowest BCUT2D eigenvalue weighted by Crippen LogP contribution is -2.15. The van der Waals surface area contributed by atoms with Gasteiger partial charge in [-0.3, -0.25) is 0 Å². The molecular weight excluding hydrogens is 340 g/mol. The van der Waals surface area contributed by atoms with E-state index >= 15 is 0 Å². The van der Waals surface area contributed by atoms with Crippen molar-refractivity contribution in [1.82, 2.24) is 0 Å². The smallest absolute Gasteiger partial charge is 0.119 e. The predicted octanol–water partition coefficient (Wildman–Crippen LogP) is 7.10. The van der Waals surface area contributed by atoms with Crippen molar-refractivity contribution in [3.63, 3.8) is 0 Å². The highest BCUT2D eigenvalue weighted by Crippen LogP contribution is 2.32. The first-order chi connectivity index (χ1) is 13.7. The first-order valence-electron chi connectivity index (χ1n) is 10.2. The van der Waals surface area contributed by atoms with Crippen molar-refractivity contribution in [2.45, 2.75) is 32.6 Å². The van der Waals surface area contributed by atoms with Crippen LogP contribution in [0.25, 0.3) is 11.1 Å². The summed E-state index contributed by atoms with van der Waals surface area (Å²) in [5, 5.41) is 0. The molecule has 0 aromatic heterocycles. The number of hydrogen-bond acceptors (Lipinski definition) is 1. The molecule has 1 nitrogen and oxygen atoms in total. The maximum absolute atomic E-state index is 5.96. The Morgan fingerprint density at radius 2 is 1.25 bits per heavy atom. The summed E-state index contributed by atoms with van der Waals surface area (Å²) in [5.41, 5.74) is 6.54.